The number of anilines is 1. The van der Waals surface area contributed by atoms with Gasteiger partial charge in [0, 0.05) is 5.92 Å². The lowest BCUT2D eigenvalue weighted by atomic mass is 10.1. The van der Waals surface area contributed by atoms with Gasteiger partial charge in [-0.05, 0) is 37.0 Å². The van der Waals surface area contributed by atoms with Gasteiger partial charge in [0.05, 0.1) is 5.69 Å². The third-order valence-corrected chi connectivity index (χ3v) is 3.06. The number of aryl methyl sites for hydroxylation is 1. The van der Waals surface area contributed by atoms with Crippen molar-refractivity contribution in [3.8, 4) is 0 Å². The molecule has 2 N–H and O–H groups in total. The van der Waals surface area contributed by atoms with E-state index in [9.17, 15) is 0 Å². The van der Waals surface area contributed by atoms with Crippen molar-refractivity contribution in [1.29, 1.82) is 0 Å². The summed E-state index contributed by atoms with van der Waals surface area (Å²) in [4.78, 5) is 4.53. The van der Waals surface area contributed by atoms with Crippen LogP contribution in [0.4, 0.5) is 5.69 Å². The Balaban J connectivity index is 2.10. The molecule has 0 radical (unpaired) electrons. The predicted octanol–water partition coefficient (Wildman–Crippen LogP) is 3.24. The second-order valence-corrected chi connectivity index (χ2v) is 4.61. The van der Waals surface area contributed by atoms with Crippen LogP contribution in [0.15, 0.2) is 16.5 Å². The molecule has 16 heavy (non-hydrogen) atoms. The Labute approximate surface area is 94.7 Å². The fraction of sp³-hybridized carbons (Fsp3) is 0.462. The standard InChI is InChI=1S/C13H16N2O/c1-2-3-8-6-10(14)12-11(7-8)15-13(16-12)9-4-5-9/h6-7,9H,2-5,14H2,1H3. The van der Waals surface area contributed by atoms with Crippen molar-refractivity contribution >= 4 is 16.8 Å². The van der Waals surface area contributed by atoms with Crippen LogP contribution in [-0.2, 0) is 6.42 Å². The summed E-state index contributed by atoms with van der Waals surface area (Å²) in [5.74, 6) is 1.41. The van der Waals surface area contributed by atoms with Gasteiger partial charge in [0.1, 0.15) is 5.52 Å². The van der Waals surface area contributed by atoms with E-state index >= 15 is 0 Å². The predicted molar refractivity (Wildman–Crippen MR) is 64.4 cm³/mol. The largest absolute Gasteiger partial charge is 0.438 e. The number of nitrogens with two attached hydrogens (primary N) is 1. The van der Waals surface area contributed by atoms with Gasteiger partial charge in [0.25, 0.3) is 0 Å². The van der Waals surface area contributed by atoms with Gasteiger partial charge in [-0.2, -0.15) is 0 Å². The molecule has 1 aromatic heterocycles. The summed E-state index contributed by atoms with van der Waals surface area (Å²) in [6, 6.07) is 4.11. The maximum absolute atomic E-state index is 5.99. The van der Waals surface area contributed by atoms with Crippen molar-refractivity contribution in [2.45, 2.75) is 38.5 Å². The summed E-state index contributed by atoms with van der Waals surface area (Å²) in [5, 5.41) is 0. The number of hydrogen-bond acceptors (Lipinski definition) is 3. The number of oxazole rings is 1. The molecule has 0 spiro atoms. The molecule has 0 amide bonds. The lowest BCUT2D eigenvalue weighted by Crippen LogP contribution is -1.90. The molecule has 1 aromatic carbocycles. The quantitative estimate of drug-likeness (QED) is 0.801. The number of rotatable bonds is 3. The van der Waals surface area contributed by atoms with Gasteiger partial charge in [0.15, 0.2) is 11.5 Å². The zero-order valence-electron chi connectivity index (χ0n) is 9.49. The second kappa shape index (κ2) is 3.51. The van der Waals surface area contributed by atoms with E-state index < -0.39 is 0 Å². The summed E-state index contributed by atoms with van der Waals surface area (Å²) in [7, 11) is 0. The van der Waals surface area contributed by atoms with E-state index in [0.29, 0.717) is 5.92 Å². The van der Waals surface area contributed by atoms with Crippen molar-refractivity contribution in [3.05, 3.63) is 23.6 Å². The first-order valence-corrected chi connectivity index (χ1v) is 5.96. The number of aromatic nitrogens is 1. The molecule has 1 aliphatic carbocycles. The fourth-order valence-electron chi connectivity index (χ4n) is 2.07. The molecule has 3 nitrogen and oxygen atoms in total. The molecule has 3 rings (SSSR count). The molecular weight excluding hydrogens is 200 g/mol. The first-order valence-electron chi connectivity index (χ1n) is 5.96. The Hall–Kier alpha value is -1.51. The number of nitrogen functional groups attached to an aromatic ring is 1. The number of nitrogens with zero attached hydrogens (tertiary/aromatic N) is 1. The maximum atomic E-state index is 5.99. The van der Waals surface area contributed by atoms with Gasteiger partial charge in [-0.1, -0.05) is 13.3 Å². The van der Waals surface area contributed by atoms with Crippen LogP contribution in [0.5, 0.6) is 0 Å². The van der Waals surface area contributed by atoms with E-state index in [4.69, 9.17) is 10.2 Å². The minimum atomic E-state index is 0.543. The van der Waals surface area contributed by atoms with Crippen LogP contribution in [0.2, 0.25) is 0 Å². The minimum Gasteiger partial charge on any atom is -0.438 e. The number of hydrogen-bond donors (Lipinski definition) is 1. The van der Waals surface area contributed by atoms with Crippen molar-refractivity contribution in [2.75, 3.05) is 5.73 Å². The van der Waals surface area contributed by atoms with Crippen LogP contribution >= 0.6 is 0 Å². The molecule has 84 valence electrons. The molecule has 0 atom stereocenters. The van der Waals surface area contributed by atoms with E-state index in [1.54, 1.807) is 0 Å². The lowest BCUT2D eigenvalue weighted by Gasteiger charge is -2.00. The highest BCUT2D eigenvalue weighted by atomic mass is 16.3. The highest BCUT2D eigenvalue weighted by Gasteiger charge is 2.29. The van der Waals surface area contributed by atoms with Crippen LogP contribution in [0, 0.1) is 0 Å². The summed E-state index contributed by atoms with van der Waals surface area (Å²) in [5.41, 5.74) is 9.65. The zero-order valence-corrected chi connectivity index (χ0v) is 9.49. The maximum Gasteiger partial charge on any atom is 0.198 e. The summed E-state index contributed by atoms with van der Waals surface area (Å²) in [6.45, 7) is 2.17. The Kier molecular flexibility index (Phi) is 2.13. The van der Waals surface area contributed by atoms with Gasteiger partial charge < -0.3 is 10.2 Å². The van der Waals surface area contributed by atoms with E-state index in [1.165, 1.54) is 18.4 Å². The average molecular weight is 216 g/mol. The molecule has 0 aliphatic heterocycles. The van der Waals surface area contributed by atoms with Crippen LogP contribution in [0.1, 0.15) is 43.6 Å². The number of benzene rings is 1. The molecule has 1 fully saturated rings. The van der Waals surface area contributed by atoms with E-state index in [-0.39, 0.29) is 0 Å². The zero-order chi connectivity index (χ0) is 11.1. The van der Waals surface area contributed by atoms with Crippen molar-refractivity contribution in [2.24, 2.45) is 0 Å². The molecule has 1 saturated carbocycles. The second-order valence-electron chi connectivity index (χ2n) is 4.61. The smallest absolute Gasteiger partial charge is 0.198 e. The fourth-order valence-corrected chi connectivity index (χ4v) is 2.07. The SMILES string of the molecule is CCCc1cc(N)c2oc(C3CC3)nc2c1. The third-order valence-electron chi connectivity index (χ3n) is 3.06. The monoisotopic (exact) mass is 216 g/mol. The van der Waals surface area contributed by atoms with Gasteiger partial charge in [-0.15, -0.1) is 0 Å². The molecule has 0 unspecified atom stereocenters. The highest BCUT2D eigenvalue weighted by molar-refractivity contribution is 5.85. The van der Waals surface area contributed by atoms with Gasteiger partial charge >= 0.3 is 0 Å². The Morgan fingerprint density at radius 1 is 1.44 bits per heavy atom. The molecule has 3 heteroatoms. The molecule has 1 aliphatic rings. The molecule has 2 aromatic rings. The Morgan fingerprint density at radius 2 is 2.25 bits per heavy atom. The normalized spacial score (nSPS) is 15.8. The third kappa shape index (κ3) is 1.56. The first kappa shape index (κ1) is 9.70. The Bertz CT molecular complexity index is 526. The topological polar surface area (TPSA) is 52.0 Å². The number of fused-ring (bicyclic) bond motifs is 1. The summed E-state index contributed by atoms with van der Waals surface area (Å²) < 4.78 is 5.72. The lowest BCUT2D eigenvalue weighted by molar-refractivity contribution is 0.534. The van der Waals surface area contributed by atoms with E-state index in [1.807, 2.05) is 6.07 Å². The molecule has 1 heterocycles. The summed E-state index contributed by atoms with van der Waals surface area (Å²) in [6.07, 6.45) is 4.58. The van der Waals surface area contributed by atoms with Crippen LogP contribution in [0.3, 0.4) is 0 Å². The highest BCUT2D eigenvalue weighted by Crippen LogP contribution is 2.41. The Morgan fingerprint density at radius 3 is 2.94 bits per heavy atom. The van der Waals surface area contributed by atoms with Crippen LogP contribution in [0.25, 0.3) is 11.1 Å². The van der Waals surface area contributed by atoms with Crippen LogP contribution < -0.4 is 5.73 Å². The van der Waals surface area contributed by atoms with Crippen LogP contribution in [-0.4, -0.2) is 4.98 Å². The van der Waals surface area contributed by atoms with Gasteiger partial charge in [-0.3, -0.25) is 0 Å². The van der Waals surface area contributed by atoms with Crippen molar-refractivity contribution < 1.29 is 4.42 Å². The van der Waals surface area contributed by atoms with E-state index in [0.717, 1.165) is 35.5 Å². The average Bonchev–Trinajstić information content (AvgIpc) is 3.00. The summed E-state index contributed by atoms with van der Waals surface area (Å²) >= 11 is 0. The minimum absolute atomic E-state index is 0.543. The molecule has 0 bridgehead atoms. The first-order chi connectivity index (χ1) is 7.78. The molecule has 0 saturated heterocycles. The molecular formula is C13H16N2O. The van der Waals surface area contributed by atoms with Crippen molar-refractivity contribution in [3.63, 3.8) is 0 Å². The van der Waals surface area contributed by atoms with Gasteiger partial charge in [-0.25, -0.2) is 4.98 Å². The van der Waals surface area contributed by atoms with Crippen molar-refractivity contribution in [1.82, 2.24) is 4.98 Å². The van der Waals surface area contributed by atoms with E-state index in [2.05, 4.69) is 18.0 Å². The van der Waals surface area contributed by atoms with Gasteiger partial charge in [0.2, 0.25) is 0 Å².